The van der Waals surface area contributed by atoms with Gasteiger partial charge in [-0.1, -0.05) is 21.0 Å². The number of nitrogens with two attached hydrogens (primary N) is 1. The SMILES string of the molecule is COc1ccc(Br)cc1C(NCCN=[N+]=[N-])C(N)=O. The van der Waals surface area contributed by atoms with Gasteiger partial charge >= 0.3 is 0 Å². The van der Waals surface area contributed by atoms with Crippen LogP contribution in [-0.2, 0) is 4.79 Å². The van der Waals surface area contributed by atoms with Gasteiger partial charge in [-0.3, -0.25) is 4.79 Å². The minimum absolute atomic E-state index is 0.233. The van der Waals surface area contributed by atoms with Crippen LogP contribution in [0, 0.1) is 0 Å². The molecule has 1 aromatic carbocycles. The first-order valence-electron chi connectivity index (χ1n) is 5.47. The van der Waals surface area contributed by atoms with Crippen LogP contribution >= 0.6 is 15.9 Å². The molecule has 19 heavy (non-hydrogen) atoms. The standard InChI is InChI=1S/C11H14BrN5O2/c1-19-9-3-2-7(12)6-8(9)10(11(13)18)15-4-5-16-17-14/h2-3,6,10,15H,4-5H2,1H3,(H2,13,18). The number of nitrogens with zero attached hydrogens (tertiary/aromatic N) is 3. The van der Waals surface area contributed by atoms with Crippen LogP contribution in [0.3, 0.4) is 0 Å². The van der Waals surface area contributed by atoms with Gasteiger partial charge in [0.25, 0.3) is 0 Å². The Hall–Kier alpha value is -1.76. The number of hydrogen-bond donors (Lipinski definition) is 2. The summed E-state index contributed by atoms with van der Waals surface area (Å²) in [5, 5.41) is 6.31. The van der Waals surface area contributed by atoms with Crippen LogP contribution in [0.5, 0.6) is 5.75 Å². The molecule has 0 bridgehead atoms. The quantitative estimate of drug-likeness (QED) is 0.345. The molecule has 1 aromatic rings. The van der Waals surface area contributed by atoms with Gasteiger partial charge in [0.05, 0.1) is 7.11 Å². The maximum absolute atomic E-state index is 11.5. The van der Waals surface area contributed by atoms with E-state index < -0.39 is 11.9 Å². The molecular formula is C11H14BrN5O2. The second kappa shape index (κ2) is 7.63. The van der Waals surface area contributed by atoms with Crippen LogP contribution in [0.1, 0.15) is 11.6 Å². The summed E-state index contributed by atoms with van der Waals surface area (Å²) in [4.78, 5) is 14.2. The topological polar surface area (TPSA) is 113 Å². The Morgan fingerprint density at radius 3 is 3.00 bits per heavy atom. The van der Waals surface area contributed by atoms with Gasteiger partial charge in [-0.15, -0.1) is 0 Å². The van der Waals surface area contributed by atoms with Crippen LogP contribution in [0.25, 0.3) is 10.4 Å². The lowest BCUT2D eigenvalue weighted by Crippen LogP contribution is -2.35. The molecule has 0 aliphatic rings. The average Bonchev–Trinajstić information content (AvgIpc) is 2.38. The number of primary amides is 1. The fourth-order valence-corrected chi connectivity index (χ4v) is 1.98. The summed E-state index contributed by atoms with van der Waals surface area (Å²) in [6, 6.07) is 4.60. The van der Waals surface area contributed by atoms with Crippen LogP contribution in [0.2, 0.25) is 0 Å². The maximum Gasteiger partial charge on any atom is 0.239 e. The minimum atomic E-state index is -0.707. The van der Waals surface area contributed by atoms with Crippen molar-refractivity contribution in [3.8, 4) is 5.75 Å². The Bertz CT molecular complexity index is 502. The van der Waals surface area contributed by atoms with Crippen LogP contribution in [0.15, 0.2) is 27.8 Å². The summed E-state index contributed by atoms with van der Waals surface area (Å²) in [5.41, 5.74) is 14.2. The Morgan fingerprint density at radius 2 is 2.42 bits per heavy atom. The third-order valence-electron chi connectivity index (χ3n) is 2.41. The van der Waals surface area contributed by atoms with Crippen molar-refractivity contribution in [1.82, 2.24) is 5.32 Å². The predicted molar refractivity (Wildman–Crippen MR) is 74.6 cm³/mol. The third-order valence-corrected chi connectivity index (χ3v) is 2.90. The van der Waals surface area contributed by atoms with Crippen molar-refractivity contribution >= 4 is 21.8 Å². The van der Waals surface area contributed by atoms with E-state index >= 15 is 0 Å². The molecule has 8 heteroatoms. The van der Waals surface area contributed by atoms with Crippen molar-refractivity contribution in [2.24, 2.45) is 10.8 Å². The lowest BCUT2D eigenvalue weighted by Gasteiger charge is -2.18. The minimum Gasteiger partial charge on any atom is -0.496 e. The molecule has 0 radical (unpaired) electrons. The number of methoxy groups -OCH3 is 1. The molecule has 7 nitrogen and oxygen atoms in total. The zero-order chi connectivity index (χ0) is 14.3. The first-order valence-corrected chi connectivity index (χ1v) is 6.26. The van der Waals surface area contributed by atoms with E-state index in [4.69, 9.17) is 16.0 Å². The van der Waals surface area contributed by atoms with Gasteiger partial charge in [-0.05, 0) is 23.7 Å². The highest BCUT2D eigenvalue weighted by Crippen LogP contribution is 2.28. The summed E-state index contributed by atoms with van der Waals surface area (Å²) in [6.07, 6.45) is 0. The first-order chi connectivity index (χ1) is 9.10. The molecule has 0 fully saturated rings. The number of benzene rings is 1. The Morgan fingerprint density at radius 1 is 1.68 bits per heavy atom. The van der Waals surface area contributed by atoms with Crippen molar-refractivity contribution in [3.63, 3.8) is 0 Å². The molecule has 102 valence electrons. The fourth-order valence-electron chi connectivity index (χ4n) is 1.60. The van der Waals surface area contributed by atoms with Crippen molar-refractivity contribution in [2.75, 3.05) is 20.2 Å². The van der Waals surface area contributed by atoms with E-state index in [-0.39, 0.29) is 6.54 Å². The first kappa shape index (κ1) is 15.3. The normalized spacial score (nSPS) is 11.5. The smallest absolute Gasteiger partial charge is 0.239 e. The average molecular weight is 328 g/mol. The number of halogens is 1. The number of hydrogen-bond acceptors (Lipinski definition) is 4. The van der Waals surface area contributed by atoms with Crippen LogP contribution in [-0.4, -0.2) is 26.1 Å². The van der Waals surface area contributed by atoms with E-state index in [1.54, 1.807) is 18.2 Å². The molecule has 0 saturated heterocycles. The highest BCUT2D eigenvalue weighted by molar-refractivity contribution is 9.10. The van der Waals surface area contributed by atoms with E-state index in [9.17, 15) is 4.79 Å². The molecule has 0 saturated carbocycles. The van der Waals surface area contributed by atoms with E-state index in [0.717, 1.165) is 4.47 Å². The van der Waals surface area contributed by atoms with Crippen molar-refractivity contribution in [2.45, 2.75) is 6.04 Å². The molecule has 1 unspecified atom stereocenters. The Balaban J connectivity index is 2.94. The summed E-state index contributed by atoms with van der Waals surface area (Å²) < 4.78 is 6.02. The molecule has 1 rings (SSSR count). The number of ether oxygens (including phenoxy) is 1. The molecule has 0 aliphatic heterocycles. The summed E-state index contributed by atoms with van der Waals surface area (Å²) in [5.74, 6) is 0.0284. The molecule has 1 amide bonds. The number of nitrogens with one attached hydrogen (secondary N) is 1. The number of carbonyl (C=O) groups excluding carboxylic acids is 1. The number of amides is 1. The number of carbonyl (C=O) groups is 1. The van der Waals surface area contributed by atoms with Crippen LogP contribution < -0.4 is 15.8 Å². The number of rotatable bonds is 7. The summed E-state index contributed by atoms with van der Waals surface area (Å²) in [6.45, 7) is 0.573. The van der Waals surface area contributed by atoms with Gasteiger partial charge in [0, 0.05) is 28.0 Å². The lowest BCUT2D eigenvalue weighted by atomic mass is 10.1. The molecule has 0 aliphatic carbocycles. The van der Waals surface area contributed by atoms with E-state index in [1.165, 1.54) is 7.11 Å². The van der Waals surface area contributed by atoms with Crippen molar-refractivity contribution in [1.29, 1.82) is 0 Å². The highest BCUT2D eigenvalue weighted by Gasteiger charge is 2.21. The molecule has 0 heterocycles. The lowest BCUT2D eigenvalue weighted by molar-refractivity contribution is -0.120. The maximum atomic E-state index is 11.5. The second-order valence-corrected chi connectivity index (χ2v) is 4.55. The highest BCUT2D eigenvalue weighted by atomic mass is 79.9. The zero-order valence-corrected chi connectivity index (χ0v) is 11.9. The summed E-state index contributed by atoms with van der Waals surface area (Å²) >= 11 is 3.33. The second-order valence-electron chi connectivity index (χ2n) is 3.63. The van der Waals surface area contributed by atoms with E-state index in [0.29, 0.717) is 17.9 Å². The largest absolute Gasteiger partial charge is 0.496 e. The summed E-state index contributed by atoms with van der Waals surface area (Å²) in [7, 11) is 1.52. The molecule has 3 N–H and O–H groups in total. The fraction of sp³-hybridized carbons (Fsp3) is 0.364. The Labute approximate surface area is 118 Å². The van der Waals surface area contributed by atoms with Crippen molar-refractivity contribution in [3.05, 3.63) is 38.7 Å². The molecule has 0 aromatic heterocycles. The van der Waals surface area contributed by atoms with Gasteiger partial charge in [-0.2, -0.15) is 0 Å². The monoisotopic (exact) mass is 327 g/mol. The predicted octanol–water partition coefficient (Wildman–Crippen LogP) is 1.88. The van der Waals surface area contributed by atoms with E-state index in [2.05, 4.69) is 31.3 Å². The van der Waals surface area contributed by atoms with Gasteiger partial charge in [0.1, 0.15) is 11.8 Å². The van der Waals surface area contributed by atoms with Gasteiger partial charge in [-0.25, -0.2) is 0 Å². The molecule has 0 spiro atoms. The van der Waals surface area contributed by atoms with E-state index in [1.807, 2.05) is 0 Å². The zero-order valence-electron chi connectivity index (χ0n) is 10.3. The van der Waals surface area contributed by atoms with Gasteiger partial charge in [0.15, 0.2) is 0 Å². The molecular weight excluding hydrogens is 314 g/mol. The van der Waals surface area contributed by atoms with Gasteiger partial charge < -0.3 is 15.8 Å². The Kier molecular flexibility index (Phi) is 6.14. The van der Waals surface area contributed by atoms with Gasteiger partial charge in [0.2, 0.25) is 5.91 Å². The van der Waals surface area contributed by atoms with Crippen LogP contribution in [0.4, 0.5) is 0 Å². The molecule has 1 atom stereocenters. The van der Waals surface area contributed by atoms with Crippen molar-refractivity contribution < 1.29 is 9.53 Å². The number of azide groups is 1. The third kappa shape index (κ3) is 4.44.